The summed E-state index contributed by atoms with van der Waals surface area (Å²) in [5.41, 5.74) is 1.08. The minimum Gasteiger partial charge on any atom is -0.733 e. The highest BCUT2D eigenvalue weighted by Gasteiger charge is 2.51. The quantitative estimate of drug-likeness (QED) is 0.669. The van der Waals surface area contributed by atoms with Gasteiger partial charge in [0.05, 0.1) is 18.9 Å². The van der Waals surface area contributed by atoms with E-state index in [4.69, 9.17) is 14.7 Å². The fraction of sp³-hybridized carbons (Fsp3) is 0.500. The Bertz CT molecular complexity index is 563. The van der Waals surface area contributed by atoms with Crippen LogP contribution in [0.25, 0.3) is 0 Å². The minimum absolute atomic E-state index is 0.134. The lowest BCUT2D eigenvalue weighted by atomic mass is 9.76. The van der Waals surface area contributed by atoms with Gasteiger partial charge in [0, 0.05) is 11.0 Å². The lowest BCUT2D eigenvalue weighted by Crippen LogP contribution is -2.41. The van der Waals surface area contributed by atoms with Crippen LogP contribution in [-0.4, -0.2) is 18.4 Å². The molecule has 2 atom stereocenters. The summed E-state index contributed by atoms with van der Waals surface area (Å²) < 4.78 is 11.9. The number of rotatable bonds is 2. The van der Waals surface area contributed by atoms with Gasteiger partial charge in [-0.3, -0.25) is 5.21 Å². The average Bonchev–Trinajstić information content (AvgIpc) is 3.09. The number of hydrogen-bond acceptors (Lipinski definition) is 5. The molecule has 1 aliphatic heterocycles. The Hall–Kier alpha value is -1.40. The van der Waals surface area contributed by atoms with Crippen molar-refractivity contribution in [1.29, 1.82) is 0 Å². The van der Waals surface area contributed by atoms with Crippen molar-refractivity contribution < 1.29 is 14.7 Å². The Balaban J connectivity index is 1.48. The number of nitrogens with zero attached hydrogens (tertiary/aromatic N) is 1. The number of ether oxygens (including phenoxy) is 2. The molecule has 1 saturated carbocycles. The molecule has 1 aromatic rings. The van der Waals surface area contributed by atoms with E-state index in [0.29, 0.717) is 25.0 Å². The van der Waals surface area contributed by atoms with E-state index in [9.17, 15) is 5.21 Å². The maximum Gasteiger partial charge on any atom is 0.183 e. The van der Waals surface area contributed by atoms with E-state index in [-0.39, 0.29) is 16.3 Å². The van der Waals surface area contributed by atoms with Crippen molar-refractivity contribution in [3.8, 4) is 0 Å². The highest BCUT2D eigenvalue weighted by Crippen LogP contribution is 2.54. The summed E-state index contributed by atoms with van der Waals surface area (Å²) in [6.45, 7) is 1.38. The Labute approximate surface area is 123 Å². The Morgan fingerprint density at radius 3 is 2.67 bits per heavy atom. The van der Waals surface area contributed by atoms with E-state index >= 15 is 0 Å². The fourth-order valence-electron chi connectivity index (χ4n) is 3.94. The summed E-state index contributed by atoms with van der Waals surface area (Å²) in [5.74, 6) is 1.26. The van der Waals surface area contributed by atoms with Crippen LogP contribution in [-0.2, 0) is 9.47 Å². The molecule has 1 saturated heterocycles. The molecule has 0 radical (unpaired) electrons. The van der Waals surface area contributed by atoms with Gasteiger partial charge in [0.2, 0.25) is 0 Å². The van der Waals surface area contributed by atoms with Crippen LogP contribution in [0, 0.1) is 22.5 Å². The van der Waals surface area contributed by atoms with Crippen LogP contribution >= 0.6 is 0 Å². The normalized spacial score (nSPS) is 37.3. The number of hydrogen-bond donors (Lipinski definition) is 1. The maximum absolute atomic E-state index is 11.0. The van der Waals surface area contributed by atoms with E-state index in [1.807, 2.05) is 6.07 Å². The first-order chi connectivity index (χ1) is 10.2. The second kappa shape index (κ2) is 4.81. The Morgan fingerprint density at radius 1 is 1.24 bits per heavy atom. The van der Waals surface area contributed by atoms with Crippen molar-refractivity contribution in [2.45, 2.75) is 19.1 Å². The molecule has 4 rings (SSSR count). The van der Waals surface area contributed by atoms with Gasteiger partial charge in [-0.15, -0.1) is 0 Å². The summed E-state index contributed by atoms with van der Waals surface area (Å²) in [6.07, 6.45) is 6.53. The lowest BCUT2D eigenvalue weighted by molar-refractivity contribution is -0.239. The van der Waals surface area contributed by atoms with Gasteiger partial charge in [-0.2, -0.15) is 0 Å². The molecular weight excluding hydrogens is 270 g/mol. The van der Waals surface area contributed by atoms with Crippen LogP contribution < -0.4 is 5.23 Å². The third-order valence-corrected chi connectivity index (χ3v) is 5.04. The topological polar surface area (TPSA) is 65.0 Å². The van der Waals surface area contributed by atoms with Gasteiger partial charge in [0.15, 0.2) is 6.29 Å². The SMILES string of the molecule is [O-]N(O)c1cccc(C2OCC3(CO2)C[C@@H]2C=C[C@@H]3C2)c1. The first-order valence-corrected chi connectivity index (χ1v) is 7.34. The van der Waals surface area contributed by atoms with Crippen LogP contribution in [0.1, 0.15) is 24.7 Å². The molecule has 1 N–H and O–H groups in total. The molecule has 5 heteroatoms. The zero-order valence-corrected chi connectivity index (χ0v) is 11.6. The molecular formula is C16H18NO4-. The van der Waals surface area contributed by atoms with Crippen molar-refractivity contribution in [2.24, 2.45) is 17.3 Å². The van der Waals surface area contributed by atoms with E-state index < -0.39 is 6.29 Å². The zero-order valence-electron chi connectivity index (χ0n) is 11.6. The molecule has 112 valence electrons. The number of fused-ring (bicyclic) bond motifs is 3. The maximum atomic E-state index is 11.0. The van der Waals surface area contributed by atoms with Gasteiger partial charge in [0.25, 0.3) is 0 Å². The van der Waals surface area contributed by atoms with Crippen LogP contribution in [0.15, 0.2) is 36.4 Å². The monoisotopic (exact) mass is 288 g/mol. The molecule has 5 nitrogen and oxygen atoms in total. The van der Waals surface area contributed by atoms with Gasteiger partial charge in [-0.05, 0) is 36.8 Å². The highest BCUT2D eigenvalue weighted by molar-refractivity contribution is 5.46. The van der Waals surface area contributed by atoms with Crippen LogP contribution in [0.3, 0.4) is 0 Å². The molecule has 0 unspecified atom stereocenters. The molecule has 2 aliphatic carbocycles. The molecule has 21 heavy (non-hydrogen) atoms. The molecule has 1 heterocycles. The van der Waals surface area contributed by atoms with Gasteiger partial charge in [-0.1, -0.05) is 24.3 Å². The number of allylic oxidation sites excluding steroid dienone is 2. The van der Waals surface area contributed by atoms with Gasteiger partial charge in [-0.25, -0.2) is 0 Å². The van der Waals surface area contributed by atoms with Crippen LogP contribution in [0.4, 0.5) is 5.69 Å². The predicted octanol–water partition coefficient (Wildman–Crippen LogP) is 3.01. The first kappa shape index (κ1) is 13.3. The third-order valence-electron chi connectivity index (χ3n) is 5.04. The highest BCUT2D eigenvalue weighted by atomic mass is 16.8. The van der Waals surface area contributed by atoms with Crippen molar-refractivity contribution >= 4 is 5.69 Å². The Morgan fingerprint density at radius 2 is 2.05 bits per heavy atom. The molecule has 2 fully saturated rings. The third kappa shape index (κ3) is 2.17. The van der Waals surface area contributed by atoms with Crippen molar-refractivity contribution in [2.75, 3.05) is 18.4 Å². The van der Waals surface area contributed by atoms with Crippen molar-refractivity contribution in [3.05, 3.63) is 47.2 Å². The number of benzene rings is 1. The van der Waals surface area contributed by atoms with Gasteiger partial charge < -0.3 is 19.9 Å². The summed E-state index contributed by atoms with van der Waals surface area (Å²) in [6, 6.07) is 6.69. The largest absolute Gasteiger partial charge is 0.733 e. The lowest BCUT2D eigenvalue weighted by Gasteiger charge is -2.41. The van der Waals surface area contributed by atoms with E-state index in [1.165, 1.54) is 6.42 Å². The van der Waals surface area contributed by atoms with E-state index in [2.05, 4.69) is 12.2 Å². The Kier molecular flexibility index (Phi) is 3.04. The molecule has 1 spiro atoms. The summed E-state index contributed by atoms with van der Waals surface area (Å²) >= 11 is 0. The smallest absolute Gasteiger partial charge is 0.183 e. The van der Waals surface area contributed by atoms with Gasteiger partial charge in [0.1, 0.15) is 0 Å². The van der Waals surface area contributed by atoms with Crippen molar-refractivity contribution in [3.63, 3.8) is 0 Å². The van der Waals surface area contributed by atoms with Gasteiger partial charge >= 0.3 is 0 Å². The number of anilines is 1. The van der Waals surface area contributed by atoms with Crippen molar-refractivity contribution in [1.82, 2.24) is 0 Å². The second-order valence-electron chi connectivity index (χ2n) is 6.38. The summed E-state index contributed by atoms with van der Waals surface area (Å²) in [7, 11) is 0. The molecule has 0 aromatic heterocycles. The summed E-state index contributed by atoms with van der Waals surface area (Å²) in [5, 5.41) is 19.8. The van der Waals surface area contributed by atoms with E-state index in [0.717, 1.165) is 12.0 Å². The summed E-state index contributed by atoms with van der Waals surface area (Å²) in [4.78, 5) is 0. The van der Waals surface area contributed by atoms with Crippen LogP contribution in [0.2, 0.25) is 0 Å². The standard InChI is InChI=1S/C16H18NO4/c18-17(19)14-3-1-2-12(7-14)15-20-9-16(10-21-15)8-11-4-5-13(16)6-11/h1-5,7,11,13,15,18H,6,8-10H2/q-1/t11-,13-,15?,16?/m1/s1. The zero-order chi connectivity index (χ0) is 14.4. The predicted molar refractivity (Wildman–Crippen MR) is 76.5 cm³/mol. The molecule has 1 aromatic carbocycles. The average molecular weight is 288 g/mol. The van der Waals surface area contributed by atoms with Crippen LogP contribution in [0.5, 0.6) is 0 Å². The second-order valence-corrected chi connectivity index (χ2v) is 6.38. The van der Waals surface area contributed by atoms with E-state index in [1.54, 1.807) is 18.2 Å². The molecule has 0 amide bonds. The molecule has 3 aliphatic rings. The molecule has 2 bridgehead atoms. The minimum atomic E-state index is -0.460. The first-order valence-electron chi connectivity index (χ1n) is 7.34. The fourth-order valence-corrected chi connectivity index (χ4v) is 3.94.